The van der Waals surface area contributed by atoms with E-state index in [1.54, 1.807) is 18.2 Å². The molecule has 170 valence electrons. The van der Waals surface area contributed by atoms with E-state index in [1.807, 2.05) is 49.4 Å². The monoisotopic (exact) mass is 457 g/mol. The van der Waals surface area contributed by atoms with Crippen LogP contribution in [-0.2, 0) is 6.42 Å². The van der Waals surface area contributed by atoms with Crippen LogP contribution in [0.3, 0.4) is 0 Å². The van der Waals surface area contributed by atoms with Crippen molar-refractivity contribution in [1.29, 1.82) is 0 Å². The van der Waals surface area contributed by atoms with E-state index in [-0.39, 0.29) is 5.78 Å². The number of thiophene rings is 1. The predicted molar refractivity (Wildman–Crippen MR) is 140 cm³/mol. The summed E-state index contributed by atoms with van der Waals surface area (Å²) < 4.78 is 7.38. The van der Waals surface area contributed by atoms with Gasteiger partial charge in [-0.05, 0) is 69.1 Å². The maximum atomic E-state index is 13.3. The van der Waals surface area contributed by atoms with Crippen molar-refractivity contribution in [3.63, 3.8) is 0 Å². The Morgan fingerprint density at radius 3 is 2.58 bits per heavy atom. The van der Waals surface area contributed by atoms with Gasteiger partial charge in [0.2, 0.25) is 5.78 Å². The van der Waals surface area contributed by atoms with Crippen LogP contribution in [0.1, 0.15) is 41.4 Å². The first-order valence-corrected chi connectivity index (χ1v) is 12.5. The largest absolute Gasteiger partial charge is 0.455 e. The van der Waals surface area contributed by atoms with Gasteiger partial charge in [-0.1, -0.05) is 61.6 Å². The van der Waals surface area contributed by atoms with Crippen molar-refractivity contribution in [2.75, 3.05) is 19.6 Å². The summed E-state index contributed by atoms with van der Waals surface area (Å²) in [5, 5.41) is 0.961. The Morgan fingerprint density at radius 2 is 1.85 bits per heavy atom. The van der Waals surface area contributed by atoms with Gasteiger partial charge in [0.15, 0.2) is 5.75 Å². The summed E-state index contributed by atoms with van der Waals surface area (Å²) in [6.07, 6.45) is 12.1. The van der Waals surface area contributed by atoms with Crippen LogP contribution in [0, 0.1) is 0 Å². The number of ketones is 1. The zero-order chi connectivity index (χ0) is 23.0. The molecular weight excluding hydrogens is 426 g/mol. The van der Waals surface area contributed by atoms with Gasteiger partial charge < -0.3 is 9.64 Å². The second-order valence-corrected chi connectivity index (χ2v) is 9.37. The molecule has 1 aliphatic heterocycles. The highest BCUT2D eigenvalue weighted by Crippen LogP contribution is 2.41. The van der Waals surface area contributed by atoms with Crippen LogP contribution in [0.25, 0.3) is 10.1 Å². The van der Waals surface area contributed by atoms with Crippen LogP contribution in [0.2, 0.25) is 0 Å². The van der Waals surface area contributed by atoms with Crippen LogP contribution in [0.15, 0.2) is 85.0 Å². The molecule has 0 radical (unpaired) electrons. The standard InChI is InChI=1S/C29H31NO2S/c1-3-5-11-23(4-2)27(31)29-28(25-12-7-8-13-26(25)33-29)32-24-16-14-22(15-17-24)18-21-30-19-9-6-10-20-30/h3-5,7-8,11-17H,1,6,9-10,18-21H2,2H3/b11-5-,23-4+. The Balaban J connectivity index is 1.55. The lowest BCUT2D eigenvalue weighted by molar-refractivity contribution is 0.104. The molecule has 33 heavy (non-hydrogen) atoms. The minimum atomic E-state index is -0.0371. The van der Waals surface area contributed by atoms with E-state index < -0.39 is 0 Å². The number of nitrogens with zero attached hydrogens (tertiary/aromatic N) is 1. The van der Waals surface area contributed by atoms with Crippen molar-refractivity contribution in [2.24, 2.45) is 0 Å². The minimum Gasteiger partial charge on any atom is -0.455 e. The number of hydrogen-bond acceptors (Lipinski definition) is 4. The highest BCUT2D eigenvalue weighted by Gasteiger charge is 2.22. The topological polar surface area (TPSA) is 29.5 Å². The van der Waals surface area contributed by atoms with Crippen LogP contribution < -0.4 is 4.74 Å². The van der Waals surface area contributed by atoms with Crippen molar-refractivity contribution in [2.45, 2.75) is 32.6 Å². The number of piperidine rings is 1. The second-order valence-electron chi connectivity index (χ2n) is 8.32. The average molecular weight is 458 g/mol. The maximum absolute atomic E-state index is 13.3. The molecular formula is C29H31NO2S. The highest BCUT2D eigenvalue weighted by molar-refractivity contribution is 7.21. The fourth-order valence-corrected chi connectivity index (χ4v) is 5.28. The van der Waals surface area contributed by atoms with Gasteiger partial charge in [-0.25, -0.2) is 0 Å². The number of ether oxygens (including phenoxy) is 1. The number of rotatable bonds is 9. The summed E-state index contributed by atoms with van der Waals surface area (Å²) in [4.78, 5) is 16.5. The zero-order valence-corrected chi connectivity index (χ0v) is 20.1. The van der Waals surface area contributed by atoms with Gasteiger partial charge in [0.25, 0.3) is 0 Å². The lowest BCUT2D eigenvalue weighted by Crippen LogP contribution is -2.31. The van der Waals surface area contributed by atoms with Gasteiger partial charge in [-0.15, -0.1) is 11.3 Å². The summed E-state index contributed by atoms with van der Waals surface area (Å²) in [6.45, 7) is 9.13. The number of fused-ring (bicyclic) bond motifs is 1. The van der Waals surface area contributed by atoms with E-state index >= 15 is 0 Å². The molecule has 0 saturated carbocycles. The highest BCUT2D eigenvalue weighted by atomic mass is 32.1. The molecule has 0 N–H and O–H groups in total. The summed E-state index contributed by atoms with van der Waals surface area (Å²) >= 11 is 1.47. The Labute approximate surface area is 200 Å². The summed E-state index contributed by atoms with van der Waals surface area (Å²) in [5.74, 6) is 1.34. The lowest BCUT2D eigenvalue weighted by atomic mass is 10.1. The number of likely N-dealkylation sites (tertiary alicyclic amines) is 1. The first-order chi connectivity index (χ1) is 16.2. The minimum absolute atomic E-state index is 0.0371. The van der Waals surface area contributed by atoms with E-state index in [2.05, 4.69) is 23.6 Å². The van der Waals surface area contributed by atoms with E-state index in [0.717, 1.165) is 28.8 Å². The third kappa shape index (κ3) is 5.70. The normalized spacial score (nSPS) is 15.2. The van der Waals surface area contributed by atoms with Crippen LogP contribution in [-0.4, -0.2) is 30.3 Å². The quantitative estimate of drug-likeness (QED) is 0.188. The van der Waals surface area contributed by atoms with Crippen molar-refractivity contribution >= 4 is 27.2 Å². The molecule has 1 fully saturated rings. The molecule has 4 rings (SSSR count). The molecule has 1 aliphatic rings. The molecule has 4 heteroatoms. The number of Topliss-reactive ketones (excluding diaryl/α,β-unsaturated/α-hetero) is 1. The van der Waals surface area contributed by atoms with Gasteiger partial charge in [0, 0.05) is 22.2 Å². The molecule has 2 aromatic carbocycles. The number of carbonyl (C=O) groups is 1. The number of carbonyl (C=O) groups excluding carboxylic acids is 1. The third-order valence-corrected chi connectivity index (χ3v) is 7.20. The van der Waals surface area contributed by atoms with Gasteiger partial charge in [0.1, 0.15) is 10.6 Å². The Bertz CT molecular complexity index is 1160. The zero-order valence-electron chi connectivity index (χ0n) is 19.3. The molecule has 0 spiro atoms. The second kappa shape index (κ2) is 11.3. The summed E-state index contributed by atoms with van der Waals surface area (Å²) in [6, 6.07) is 16.3. The molecule has 0 atom stereocenters. The average Bonchev–Trinajstić information content (AvgIpc) is 3.23. The van der Waals surface area contributed by atoms with E-state index in [0.29, 0.717) is 16.2 Å². The predicted octanol–water partition coefficient (Wildman–Crippen LogP) is 7.59. The fraction of sp³-hybridized carbons (Fsp3) is 0.276. The molecule has 0 amide bonds. The van der Waals surface area contributed by atoms with Crippen molar-refractivity contribution < 1.29 is 9.53 Å². The van der Waals surface area contributed by atoms with Crippen LogP contribution >= 0.6 is 11.3 Å². The molecule has 1 aromatic heterocycles. The van der Waals surface area contributed by atoms with E-state index in [1.165, 1.54) is 49.3 Å². The smallest absolute Gasteiger partial charge is 0.206 e. The van der Waals surface area contributed by atoms with Crippen LogP contribution in [0.5, 0.6) is 11.5 Å². The van der Waals surface area contributed by atoms with Crippen molar-refractivity contribution in [3.8, 4) is 11.5 Å². The molecule has 1 saturated heterocycles. The number of hydrogen-bond donors (Lipinski definition) is 0. The SMILES string of the molecule is C=C/C=C\C(=C/C)C(=O)c1sc2ccccc2c1Oc1ccc(CCN2CCCCC2)cc1. The summed E-state index contributed by atoms with van der Waals surface area (Å²) in [7, 11) is 0. The fourth-order valence-electron chi connectivity index (χ4n) is 4.19. The van der Waals surface area contributed by atoms with Gasteiger partial charge in [-0.3, -0.25) is 4.79 Å². The Morgan fingerprint density at radius 1 is 1.09 bits per heavy atom. The molecule has 0 unspecified atom stereocenters. The van der Waals surface area contributed by atoms with E-state index in [4.69, 9.17) is 4.74 Å². The van der Waals surface area contributed by atoms with Crippen molar-refractivity contribution in [3.05, 3.63) is 95.4 Å². The first-order valence-electron chi connectivity index (χ1n) is 11.7. The Hall–Kier alpha value is -2.95. The van der Waals surface area contributed by atoms with Gasteiger partial charge in [-0.2, -0.15) is 0 Å². The molecule has 0 bridgehead atoms. The van der Waals surface area contributed by atoms with Crippen molar-refractivity contribution in [1.82, 2.24) is 4.90 Å². The van der Waals surface area contributed by atoms with Crippen LogP contribution in [0.4, 0.5) is 0 Å². The third-order valence-electron chi connectivity index (χ3n) is 6.05. The number of allylic oxidation sites excluding steroid dienone is 5. The molecule has 3 nitrogen and oxygen atoms in total. The first kappa shape index (κ1) is 23.2. The number of benzene rings is 2. The lowest BCUT2D eigenvalue weighted by Gasteiger charge is -2.26. The Kier molecular flexibility index (Phi) is 7.92. The van der Waals surface area contributed by atoms with Gasteiger partial charge >= 0.3 is 0 Å². The molecule has 3 aromatic rings. The maximum Gasteiger partial charge on any atom is 0.206 e. The molecule has 0 aliphatic carbocycles. The van der Waals surface area contributed by atoms with E-state index in [9.17, 15) is 4.79 Å². The summed E-state index contributed by atoms with van der Waals surface area (Å²) in [5.41, 5.74) is 1.93. The van der Waals surface area contributed by atoms with Gasteiger partial charge in [0.05, 0.1) is 0 Å². The molecule has 2 heterocycles.